The molecule has 0 atom stereocenters. The summed E-state index contributed by atoms with van der Waals surface area (Å²) in [5.41, 5.74) is 8.03. The van der Waals surface area contributed by atoms with Crippen LogP contribution in [0.15, 0.2) is 30.3 Å². The van der Waals surface area contributed by atoms with Crippen LogP contribution in [0.1, 0.15) is 11.3 Å². The number of hydrogen-bond donors (Lipinski definition) is 2. The molecule has 3 nitrogen and oxygen atoms in total. The highest BCUT2D eigenvalue weighted by molar-refractivity contribution is 6.06. The van der Waals surface area contributed by atoms with Gasteiger partial charge >= 0.3 is 0 Å². The lowest BCUT2D eigenvalue weighted by Gasteiger charge is -2.05. The van der Waals surface area contributed by atoms with Gasteiger partial charge in [-0.3, -0.25) is 10.4 Å². The Bertz CT molecular complexity index is 508. The predicted octanol–water partition coefficient (Wildman–Crippen LogP) is 2.25. The van der Waals surface area contributed by atoms with Gasteiger partial charge in [-0.1, -0.05) is 18.2 Å². The van der Waals surface area contributed by atoms with Crippen molar-refractivity contribution < 1.29 is 0 Å². The number of halogens is 1. The Labute approximate surface area is 94.2 Å². The van der Waals surface area contributed by atoms with Crippen LogP contribution in [0.25, 0.3) is 10.9 Å². The monoisotopic (exact) mass is 221 g/mol. The van der Waals surface area contributed by atoms with Crippen LogP contribution in [0.2, 0.25) is 0 Å². The van der Waals surface area contributed by atoms with Crippen molar-refractivity contribution in [2.75, 3.05) is 0 Å². The molecule has 1 aromatic carbocycles. The van der Waals surface area contributed by atoms with E-state index in [1.165, 1.54) is 0 Å². The number of fused-ring (bicyclic) bond motifs is 1. The summed E-state index contributed by atoms with van der Waals surface area (Å²) in [6, 6.07) is 9.54. The number of amidine groups is 1. The third-order valence-electron chi connectivity index (χ3n) is 2.13. The zero-order chi connectivity index (χ0) is 10.1. The molecular weight excluding hydrogens is 210 g/mol. The number of hydrogen-bond acceptors (Lipinski definition) is 2. The molecule has 0 aliphatic rings. The molecule has 3 N–H and O–H groups in total. The van der Waals surface area contributed by atoms with Crippen molar-refractivity contribution in [1.82, 2.24) is 4.98 Å². The standard InChI is InChI=1S/C11H11N3.ClH/c1-7-6-9(11(12)13)8-4-2-3-5-10(8)14-7;/h2-6H,1H3,(H3,12,13);1H. The van der Waals surface area contributed by atoms with E-state index >= 15 is 0 Å². The van der Waals surface area contributed by atoms with Crippen molar-refractivity contribution in [1.29, 1.82) is 5.41 Å². The first kappa shape index (κ1) is 11.5. The molecule has 0 aliphatic heterocycles. The highest BCUT2D eigenvalue weighted by atomic mass is 35.5. The van der Waals surface area contributed by atoms with Gasteiger partial charge in [-0.2, -0.15) is 0 Å². The number of pyridine rings is 1. The van der Waals surface area contributed by atoms with Crippen LogP contribution >= 0.6 is 12.4 Å². The number of nitrogens with zero attached hydrogens (tertiary/aromatic N) is 1. The smallest absolute Gasteiger partial charge is 0.123 e. The number of nitrogens with two attached hydrogens (primary N) is 1. The third kappa shape index (κ3) is 2.07. The molecule has 78 valence electrons. The lowest BCUT2D eigenvalue weighted by Crippen LogP contribution is -2.12. The second-order valence-electron chi connectivity index (χ2n) is 3.24. The molecule has 0 unspecified atom stereocenters. The Morgan fingerprint density at radius 2 is 2.00 bits per heavy atom. The maximum absolute atomic E-state index is 7.46. The fraction of sp³-hybridized carbons (Fsp3) is 0.0909. The van der Waals surface area contributed by atoms with Crippen LogP contribution < -0.4 is 5.73 Å². The van der Waals surface area contributed by atoms with Crippen LogP contribution in [0, 0.1) is 12.3 Å². The Hall–Kier alpha value is -1.61. The highest BCUT2D eigenvalue weighted by Crippen LogP contribution is 2.17. The van der Waals surface area contributed by atoms with Crippen LogP contribution in [0.4, 0.5) is 0 Å². The van der Waals surface area contributed by atoms with Gasteiger partial charge < -0.3 is 5.73 Å². The summed E-state index contributed by atoms with van der Waals surface area (Å²) in [6.45, 7) is 1.90. The number of nitrogen functional groups attached to an aromatic ring is 1. The van der Waals surface area contributed by atoms with Gasteiger partial charge in [-0.25, -0.2) is 0 Å². The zero-order valence-corrected chi connectivity index (χ0v) is 9.14. The Kier molecular flexibility index (Phi) is 3.27. The molecule has 0 saturated heterocycles. The van der Waals surface area contributed by atoms with Gasteiger partial charge in [0, 0.05) is 16.6 Å². The number of para-hydroxylation sites is 1. The third-order valence-corrected chi connectivity index (χ3v) is 2.13. The fourth-order valence-electron chi connectivity index (χ4n) is 1.53. The molecule has 15 heavy (non-hydrogen) atoms. The summed E-state index contributed by atoms with van der Waals surface area (Å²) in [5.74, 6) is 0.0895. The minimum Gasteiger partial charge on any atom is -0.384 e. The minimum absolute atomic E-state index is 0. The van der Waals surface area contributed by atoms with E-state index in [9.17, 15) is 0 Å². The van der Waals surface area contributed by atoms with Crippen molar-refractivity contribution in [2.24, 2.45) is 5.73 Å². The Balaban J connectivity index is 0.00000112. The van der Waals surface area contributed by atoms with E-state index in [0.717, 1.165) is 22.2 Å². The van der Waals surface area contributed by atoms with Gasteiger partial charge in [0.25, 0.3) is 0 Å². The number of aryl methyl sites for hydroxylation is 1. The molecule has 2 aromatic rings. The summed E-state index contributed by atoms with van der Waals surface area (Å²) < 4.78 is 0. The predicted molar refractivity (Wildman–Crippen MR) is 64.7 cm³/mol. The van der Waals surface area contributed by atoms with Crippen molar-refractivity contribution in [3.05, 3.63) is 41.6 Å². The van der Waals surface area contributed by atoms with E-state index in [-0.39, 0.29) is 18.2 Å². The summed E-state index contributed by atoms with van der Waals surface area (Å²) in [5, 5.41) is 8.40. The van der Waals surface area contributed by atoms with E-state index in [0.29, 0.717) is 0 Å². The fourth-order valence-corrected chi connectivity index (χ4v) is 1.53. The average molecular weight is 222 g/mol. The SMILES string of the molecule is Cc1cc(C(=N)N)c2ccccc2n1.Cl. The lowest BCUT2D eigenvalue weighted by molar-refractivity contribution is 1.24. The van der Waals surface area contributed by atoms with Crippen molar-refractivity contribution >= 4 is 29.1 Å². The van der Waals surface area contributed by atoms with Crippen LogP contribution in [0.5, 0.6) is 0 Å². The minimum atomic E-state index is 0. The van der Waals surface area contributed by atoms with Crippen molar-refractivity contribution in [3.63, 3.8) is 0 Å². The average Bonchev–Trinajstić information content (AvgIpc) is 2.16. The van der Waals surface area contributed by atoms with E-state index in [2.05, 4.69) is 4.98 Å². The van der Waals surface area contributed by atoms with E-state index in [4.69, 9.17) is 11.1 Å². The van der Waals surface area contributed by atoms with Gasteiger partial charge in [0.15, 0.2) is 0 Å². The van der Waals surface area contributed by atoms with Crippen LogP contribution in [-0.4, -0.2) is 10.8 Å². The summed E-state index contributed by atoms with van der Waals surface area (Å²) in [4.78, 5) is 4.37. The first-order valence-electron chi connectivity index (χ1n) is 4.39. The normalized spacial score (nSPS) is 9.67. The quantitative estimate of drug-likeness (QED) is 0.573. The van der Waals surface area contributed by atoms with Crippen molar-refractivity contribution in [3.8, 4) is 0 Å². The second kappa shape index (κ2) is 4.28. The Morgan fingerprint density at radius 3 is 2.67 bits per heavy atom. The lowest BCUT2D eigenvalue weighted by atomic mass is 10.1. The molecule has 0 bridgehead atoms. The maximum Gasteiger partial charge on any atom is 0.123 e. The van der Waals surface area contributed by atoms with E-state index in [1.807, 2.05) is 37.3 Å². The molecule has 0 saturated carbocycles. The second-order valence-corrected chi connectivity index (χ2v) is 3.24. The van der Waals surface area contributed by atoms with E-state index < -0.39 is 0 Å². The molecule has 0 aliphatic carbocycles. The molecule has 0 fully saturated rings. The molecule has 0 spiro atoms. The first-order valence-corrected chi connectivity index (χ1v) is 4.39. The summed E-state index contributed by atoms with van der Waals surface area (Å²) in [6.07, 6.45) is 0. The van der Waals surface area contributed by atoms with Crippen LogP contribution in [0.3, 0.4) is 0 Å². The highest BCUT2D eigenvalue weighted by Gasteiger charge is 2.04. The Morgan fingerprint density at radius 1 is 1.33 bits per heavy atom. The molecule has 4 heteroatoms. The molecule has 2 rings (SSSR count). The van der Waals surface area contributed by atoms with Gasteiger partial charge in [-0.05, 0) is 19.1 Å². The van der Waals surface area contributed by atoms with Gasteiger partial charge in [-0.15, -0.1) is 12.4 Å². The number of aromatic nitrogens is 1. The summed E-state index contributed by atoms with van der Waals surface area (Å²) in [7, 11) is 0. The number of benzene rings is 1. The topological polar surface area (TPSA) is 62.8 Å². The molecular formula is C11H12ClN3. The van der Waals surface area contributed by atoms with Gasteiger partial charge in [0.2, 0.25) is 0 Å². The van der Waals surface area contributed by atoms with Crippen LogP contribution in [-0.2, 0) is 0 Å². The number of nitrogens with one attached hydrogen (secondary N) is 1. The van der Waals surface area contributed by atoms with Crippen molar-refractivity contribution in [2.45, 2.75) is 6.92 Å². The first-order chi connectivity index (χ1) is 6.68. The molecule has 0 radical (unpaired) electrons. The largest absolute Gasteiger partial charge is 0.384 e. The summed E-state index contributed by atoms with van der Waals surface area (Å²) >= 11 is 0. The van der Waals surface area contributed by atoms with E-state index in [1.54, 1.807) is 0 Å². The molecule has 0 amide bonds. The molecule has 1 heterocycles. The van der Waals surface area contributed by atoms with Gasteiger partial charge in [0.05, 0.1) is 5.52 Å². The zero-order valence-electron chi connectivity index (χ0n) is 8.32. The molecule has 1 aromatic heterocycles. The maximum atomic E-state index is 7.46. The number of rotatable bonds is 1. The van der Waals surface area contributed by atoms with Gasteiger partial charge in [0.1, 0.15) is 5.84 Å².